The summed E-state index contributed by atoms with van der Waals surface area (Å²) < 4.78 is 20.2. The van der Waals surface area contributed by atoms with E-state index in [0.29, 0.717) is 21.2 Å². The maximum Gasteiger partial charge on any atom is 0.268 e. The van der Waals surface area contributed by atoms with Crippen molar-refractivity contribution < 1.29 is 19.0 Å². The number of rotatable bonds is 7. The highest BCUT2D eigenvalue weighted by atomic mass is 35.5. The molecular weight excluding hydrogens is 499 g/mol. The summed E-state index contributed by atoms with van der Waals surface area (Å²) in [5.74, 6) is -0.437. The van der Waals surface area contributed by atoms with Crippen molar-refractivity contribution in [2.75, 3.05) is 14.2 Å². The molecule has 0 aliphatic rings. The number of amides is 1. The summed E-state index contributed by atoms with van der Waals surface area (Å²) in [6.45, 7) is 2.11. The first kappa shape index (κ1) is 27.1. The Labute approximate surface area is 214 Å². The second-order valence-electron chi connectivity index (χ2n) is 7.83. The summed E-state index contributed by atoms with van der Waals surface area (Å²) in [6, 6.07) is 16.2. The Bertz CT molecular complexity index is 1460. The van der Waals surface area contributed by atoms with Crippen LogP contribution in [-0.2, 0) is 22.1 Å². The number of pyridine rings is 1. The van der Waals surface area contributed by atoms with Crippen LogP contribution in [0.15, 0.2) is 60.9 Å². The van der Waals surface area contributed by atoms with E-state index in [1.165, 1.54) is 7.11 Å². The van der Waals surface area contributed by atoms with Crippen LogP contribution >= 0.6 is 19.0 Å². The predicted molar refractivity (Wildman–Crippen MR) is 141 cm³/mol. The van der Waals surface area contributed by atoms with Gasteiger partial charge in [0.15, 0.2) is 0 Å². The highest BCUT2D eigenvalue weighted by Gasteiger charge is 2.36. The summed E-state index contributed by atoms with van der Waals surface area (Å²) >= 11 is 6.26. The normalized spacial score (nSPS) is 12.2. The number of benzene rings is 2. The minimum atomic E-state index is -3.76. The minimum Gasteiger partial charge on any atom is -0.400 e. The fourth-order valence-electron chi connectivity index (χ4n) is 3.92. The van der Waals surface area contributed by atoms with E-state index < -0.39 is 13.3 Å². The van der Waals surface area contributed by atoms with Gasteiger partial charge in [-0.3, -0.25) is 14.3 Å². The van der Waals surface area contributed by atoms with Gasteiger partial charge in [-0.15, -0.1) is 0 Å². The van der Waals surface area contributed by atoms with E-state index in [0.717, 1.165) is 23.8 Å². The smallest absolute Gasteiger partial charge is 0.268 e. The van der Waals surface area contributed by atoms with Crippen LogP contribution in [0.4, 0.5) is 0 Å². The third-order valence-corrected chi connectivity index (χ3v) is 8.17. The van der Waals surface area contributed by atoms with Crippen molar-refractivity contribution in [1.29, 1.82) is 5.26 Å². The van der Waals surface area contributed by atoms with Gasteiger partial charge in [0.05, 0.1) is 17.8 Å². The molecule has 0 radical (unpaired) electrons. The van der Waals surface area contributed by atoms with E-state index in [4.69, 9.17) is 26.5 Å². The summed E-state index contributed by atoms with van der Waals surface area (Å²) in [5.41, 5.74) is 3.12. The van der Waals surface area contributed by atoms with Crippen molar-refractivity contribution in [3.05, 3.63) is 88.3 Å². The van der Waals surface area contributed by atoms with Crippen LogP contribution < -0.4 is 15.9 Å². The van der Waals surface area contributed by atoms with Crippen molar-refractivity contribution in [1.82, 2.24) is 15.3 Å². The molecule has 0 bridgehead atoms. The van der Waals surface area contributed by atoms with Crippen LogP contribution in [0, 0.1) is 18.3 Å². The Morgan fingerprint density at radius 1 is 1.22 bits per heavy atom. The number of nitriles is 1. The van der Waals surface area contributed by atoms with E-state index in [-0.39, 0.29) is 24.0 Å². The number of carbonyl (C=O) groups excluding carboxylic acids is 1. The number of aromatic amines is 1. The van der Waals surface area contributed by atoms with Crippen LogP contribution in [0.25, 0.3) is 10.9 Å². The zero-order valence-corrected chi connectivity index (χ0v) is 21.7. The number of hydrogen-bond acceptors (Lipinski definition) is 6. The van der Waals surface area contributed by atoms with Crippen molar-refractivity contribution in [3.8, 4) is 6.07 Å². The second kappa shape index (κ2) is 12.0. The SMILES string of the molecule is CO.COP(=O)(c1cc(C)cc(CC#N)c1)c1c(C(=O)NCc2cccnc2)[nH]c2ccc(Cl)cc12. The van der Waals surface area contributed by atoms with Crippen molar-refractivity contribution >= 4 is 46.4 Å². The third-order valence-electron chi connectivity index (χ3n) is 5.43. The van der Waals surface area contributed by atoms with Gasteiger partial charge in [0.2, 0.25) is 0 Å². The van der Waals surface area contributed by atoms with Crippen LogP contribution in [0.5, 0.6) is 0 Å². The molecule has 2 aromatic carbocycles. The standard InChI is InChI=1S/C25H22ClN4O3P.CH4O/c1-16-10-17(7-8-27)12-20(11-16)34(32,33-2)24-21-13-19(26)5-6-22(21)30-23(24)25(31)29-15-18-4-3-9-28-14-18;1-2/h3-6,9-14,30H,7,15H2,1-2H3,(H,29,31);2H,1H3. The van der Waals surface area contributed by atoms with Gasteiger partial charge in [0.25, 0.3) is 13.3 Å². The highest BCUT2D eigenvalue weighted by Crippen LogP contribution is 2.47. The first-order chi connectivity index (χ1) is 17.4. The maximum absolute atomic E-state index is 14.5. The zero-order chi connectivity index (χ0) is 26.3. The third kappa shape index (κ3) is 5.67. The number of nitrogens with zero attached hydrogens (tertiary/aromatic N) is 2. The molecule has 8 nitrogen and oxygen atoms in total. The van der Waals surface area contributed by atoms with Gasteiger partial charge in [-0.05, 0) is 60.0 Å². The van der Waals surface area contributed by atoms with Gasteiger partial charge in [-0.2, -0.15) is 5.26 Å². The predicted octanol–water partition coefficient (Wildman–Crippen LogP) is 4.00. The Balaban J connectivity index is 0.00000176. The van der Waals surface area contributed by atoms with E-state index in [9.17, 15) is 9.36 Å². The second-order valence-corrected chi connectivity index (χ2v) is 10.7. The molecule has 0 saturated carbocycles. The van der Waals surface area contributed by atoms with E-state index >= 15 is 0 Å². The largest absolute Gasteiger partial charge is 0.400 e. The quantitative estimate of drug-likeness (QED) is 0.313. The number of aryl methyl sites for hydroxylation is 1. The molecule has 2 heterocycles. The number of hydrogen-bond donors (Lipinski definition) is 3. The number of halogens is 1. The van der Waals surface area contributed by atoms with E-state index in [1.54, 1.807) is 48.8 Å². The molecule has 1 atom stereocenters. The Kier molecular flexibility index (Phi) is 9.03. The summed E-state index contributed by atoms with van der Waals surface area (Å²) in [6.07, 6.45) is 3.48. The van der Waals surface area contributed by atoms with Gasteiger partial charge in [0, 0.05) is 54.4 Å². The van der Waals surface area contributed by atoms with E-state index in [1.807, 2.05) is 19.1 Å². The molecule has 0 fully saturated rings. The lowest BCUT2D eigenvalue weighted by Crippen LogP contribution is -2.30. The molecular formula is C26H26ClN4O4P. The molecule has 1 unspecified atom stereocenters. The maximum atomic E-state index is 14.5. The lowest BCUT2D eigenvalue weighted by Gasteiger charge is -2.19. The molecule has 4 aromatic rings. The lowest BCUT2D eigenvalue weighted by molar-refractivity contribution is 0.0947. The topological polar surface area (TPSA) is 128 Å². The molecule has 36 heavy (non-hydrogen) atoms. The van der Waals surface area contributed by atoms with Gasteiger partial charge in [-0.1, -0.05) is 23.7 Å². The van der Waals surface area contributed by atoms with Crippen molar-refractivity contribution in [2.24, 2.45) is 0 Å². The monoisotopic (exact) mass is 524 g/mol. The Morgan fingerprint density at radius 3 is 2.67 bits per heavy atom. The number of aliphatic hydroxyl groups excluding tert-OH is 1. The number of fused-ring (bicyclic) bond motifs is 1. The van der Waals surface area contributed by atoms with Crippen LogP contribution in [0.3, 0.4) is 0 Å². The summed E-state index contributed by atoms with van der Waals surface area (Å²) in [7, 11) is -1.40. The first-order valence-corrected chi connectivity index (χ1v) is 12.9. The van der Waals surface area contributed by atoms with Gasteiger partial charge in [0.1, 0.15) is 5.69 Å². The van der Waals surface area contributed by atoms with Gasteiger partial charge < -0.3 is 19.9 Å². The highest BCUT2D eigenvalue weighted by molar-refractivity contribution is 7.75. The van der Waals surface area contributed by atoms with Gasteiger partial charge in [-0.25, -0.2) is 0 Å². The number of carbonyl (C=O) groups is 1. The average molecular weight is 525 g/mol. The average Bonchev–Trinajstić information content (AvgIpc) is 3.28. The molecule has 1 amide bonds. The lowest BCUT2D eigenvalue weighted by atomic mass is 10.1. The zero-order valence-electron chi connectivity index (χ0n) is 20.1. The molecule has 186 valence electrons. The van der Waals surface area contributed by atoms with E-state index in [2.05, 4.69) is 21.4 Å². The minimum absolute atomic E-state index is 0.134. The first-order valence-electron chi connectivity index (χ1n) is 10.9. The Morgan fingerprint density at radius 2 is 2.00 bits per heavy atom. The summed E-state index contributed by atoms with van der Waals surface area (Å²) in [4.78, 5) is 20.5. The molecule has 2 aromatic heterocycles. The molecule has 3 N–H and O–H groups in total. The number of aliphatic hydroxyl groups is 1. The fraction of sp³-hybridized carbons (Fsp3) is 0.192. The molecule has 10 heteroatoms. The number of H-pyrrole nitrogens is 1. The Hall–Kier alpha value is -3.47. The molecule has 4 rings (SSSR count). The van der Waals surface area contributed by atoms with Crippen molar-refractivity contribution in [3.63, 3.8) is 0 Å². The molecule has 0 aliphatic heterocycles. The summed E-state index contributed by atoms with van der Waals surface area (Å²) in [5, 5.41) is 20.6. The number of aromatic nitrogens is 2. The van der Waals surface area contributed by atoms with Crippen molar-refractivity contribution in [2.45, 2.75) is 19.9 Å². The molecule has 0 spiro atoms. The van der Waals surface area contributed by atoms with Crippen LogP contribution in [0.1, 0.15) is 27.2 Å². The molecule has 0 aliphatic carbocycles. The van der Waals surface area contributed by atoms with Crippen LogP contribution in [-0.4, -0.2) is 35.2 Å². The van der Waals surface area contributed by atoms with Crippen LogP contribution in [0.2, 0.25) is 5.02 Å². The number of nitrogens with one attached hydrogen (secondary N) is 2. The molecule has 0 saturated heterocycles. The van der Waals surface area contributed by atoms with Gasteiger partial charge >= 0.3 is 0 Å². The fourth-order valence-corrected chi connectivity index (χ4v) is 6.41.